The molecule has 4 saturated carbocycles. The summed E-state index contributed by atoms with van der Waals surface area (Å²) < 4.78 is 48.8. The summed E-state index contributed by atoms with van der Waals surface area (Å²) in [6.45, 7) is 31.0. The van der Waals surface area contributed by atoms with E-state index in [0.717, 1.165) is 44.2 Å². The van der Waals surface area contributed by atoms with Gasteiger partial charge in [0.25, 0.3) is 11.8 Å². The third-order valence-corrected chi connectivity index (χ3v) is 18.4. The topological polar surface area (TPSA) is 255 Å². The van der Waals surface area contributed by atoms with Crippen LogP contribution < -0.4 is 25.0 Å². The van der Waals surface area contributed by atoms with Crippen LogP contribution in [0.25, 0.3) is 16.9 Å². The maximum Gasteiger partial charge on any atom is 0.332 e. The van der Waals surface area contributed by atoms with Gasteiger partial charge in [-0.2, -0.15) is 5.10 Å². The Labute approximate surface area is 594 Å². The van der Waals surface area contributed by atoms with Crippen molar-refractivity contribution in [1.29, 1.82) is 0 Å². The third-order valence-electron chi connectivity index (χ3n) is 18.4. The number of nitrogens with zero attached hydrogens (tertiary/aromatic N) is 8. The molecule has 0 atom stereocenters. The van der Waals surface area contributed by atoms with E-state index in [1.165, 1.54) is 0 Å². The number of rotatable bonds is 29. The Morgan fingerprint density at radius 1 is 0.590 bits per heavy atom. The average molecular weight is 1400 g/mol. The zero-order chi connectivity index (χ0) is 73.5. The number of carbonyl (C=O) groups excluding carboxylic acids is 7. The SMILES string of the molecule is COc1cccc(OC)c1-c1cc(C(=O)NC2(C(=O)OC(C)(C)C)C3CC4CC(C3)CC2C4)nn1-c1ccc(N(CCCN(C)C)C(=O)COCCOCCNC(=O)CN2CCN(CC(=O)OC(C)(C)C)CCN(CC(=O)OC(C)(C)C)CCN(CC(=O)OC(C)(C)C)CC2)cc1C(C)C. The van der Waals surface area contributed by atoms with Gasteiger partial charge < -0.3 is 58.3 Å². The van der Waals surface area contributed by atoms with Crippen molar-refractivity contribution >= 4 is 47.3 Å². The van der Waals surface area contributed by atoms with Gasteiger partial charge in [0, 0.05) is 71.1 Å². The maximum absolute atomic E-state index is 15.1. The minimum absolute atomic E-state index is 0.00642. The molecule has 25 nitrogen and oxygen atoms in total. The highest BCUT2D eigenvalue weighted by molar-refractivity contribution is 5.99. The zero-order valence-corrected chi connectivity index (χ0v) is 63.3. The number of hydrogen-bond donors (Lipinski definition) is 2. The number of hydrogen-bond acceptors (Lipinski definition) is 21. The van der Waals surface area contributed by atoms with Gasteiger partial charge in [-0.3, -0.25) is 48.4 Å². The van der Waals surface area contributed by atoms with E-state index in [1.54, 1.807) is 29.9 Å². The fourth-order valence-electron chi connectivity index (χ4n) is 14.3. The molecule has 1 saturated heterocycles. The van der Waals surface area contributed by atoms with E-state index in [4.69, 9.17) is 43.0 Å². The highest BCUT2D eigenvalue weighted by Gasteiger charge is 2.63. The van der Waals surface area contributed by atoms with E-state index in [0.29, 0.717) is 111 Å². The van der Waals surface area contributed by atoms with Crippen molar-refractivity contribution < 1.29 is 71.5 Å². The van der Waals surface area contributed by atoms with Gasteiger partial charge >= 0.3 is 23.9 Å². The molecule has 0 unspecified atom stereocenters. The highest BCUT2D eigenvalue weighted by atomic mass is 16.6. The van der Waals surface area contributed by atoms with Crippen molar-refractivity contribution in [2.45, 2.75) is 169 Å². The molecule has 8 rings (SSSR count). The molecule has 1 aromatic heterocycles. The van der Waals surface area contributed by atoms with Crippen LogP contribution in [0, 0.1) is 23.7 Å². The molecule has 100 heavy (non-hydrogen) atoms. The van der Waals surface area contributed by atoms with Crippen LogP contribution in [0.4, 0.5) is 5.69 Å². The summed E-state index contributed by atoms with van der Waals surface area (Å²) in [5.74, 6) is -0.710. The van der Waals surface area contributed by atoms with Gasteiger partial charge in [-0.1, -0.05) is 19.9 Å². The molecule has 1 aliphatic heterocycles. The number of benzene rings is 2. The Balaban J connectivity index is 1.01. The predicted molar refractivity (Wildman–Crippen MR) is 383 cm³/mol. The standard InChI is InChI=1S/C75H118N10O15/c1-51(2)57-44-56(23-24-59(57)85-60(68-61(93-17)21-19-22-62(68)94-18)45-58(78-85)69(91)77-75(70(92)100-74(12,13)14)54-40-52-39-53(42-54)43-55(75)41-52)84(27-20-26-79(15)16)64(87)50-96-38-37-95-36-25-76-63(86)46-80-28-30-81(47-65(88)97-71(3,4)5)32-34-83(49-67(90)99-73(9,10)11)35-33-82(31-29-80)48-66(89)98-72(6,7)8/h19,21-24,44-45,51-55H,20,25-43,46-50H2,1-18H3,(H,76,86)(H,77,91). The van der Waals surface area contributed by atoms with E-state index < -0.39 is 39.8 Å². The van der Waals surface area contributed by atoms with Gasteiger partial charge in [-0.25, -0.2) is 9.48 Å². The smallest absolute Gasteiger partial charge is 0.332 e. The Morgan fingerprint density at radius 2 is 1.06 bits per heavy atom. The van der Waals surface area contributed by atoms with Crippen LogP contribution in [-0.2, 0) is 57.2 Å². The molecule has 25 heteroatoms. The molecule has 5 aliphatic rings. The number of ether oxygens (including phenoxy) is 8. The van der Waals surface area contributed by atoms with Gasteiger partial charge in [-0.05, 0) is 214 Å². The predicted octanol–water partition coefficient (Wildman–Crippen LogP) is 7.63. The van der Waals surface area contributed by atoms with Crippen LogP contribution >= 0.6 is 0 Å². The summed E-state index contributed by atoms with van der Waals surface area (Å²) in [4.78, 5) is 109. The van der Waals surface area contributed by atoms with E-state index in [2.05, 4.69) is 29.4 Å². The molecule has 0 radical (unpaired) electrons. The fourth-order valence-corrected chi connectivity index (χ4v) is 14.3. The molecule has 0 spiro atoms. The average Bonchev–Trinajstić information content (AvgIpc) is 0.720. The minimum Gasteiger partial charge on any atom is -0.496 e. The Hall–Kier alpha value is -6.74. The van der Waals surface area contributed by atoms with Crippen molar-refractivity contribution in [3.8, 4) is 28.4 Å². The van der Waals surface area contributed by atoms with Crippen LogP contribution in [0.15, 0.2) is 42.5 Å². The summed E-state index contributed by atoms with van der Waals surface area (Å²) in [6.07, 6.45) is 5.24. The monoisotopic (exact) mass is 1400 g/mol. The van der Waals surface area contributed by atoms with E-state index >= 15 is 4.79 Å². The van der Waals surface area contributed by atoms with Crippen molar-refractivity contribution in [1.82, 2.24) is 44.9 Å². The van der Waals surface area contributed by atoms with Gasteiger partial charge in [0.05, 0.1) is 77.2 Å². The molecule has 4 bridgehead atoms. The maximum atomic E-state index is 15.1. The van der Waals surface area contributed by atoms with Crippen LogP contribution in [0.1, 0.15) is 157 Å². The van der Waals surface area contributed by atoms with E-state index in [1.807, 2.05) is 153 Å². The summed E-state index contributed by atoms with van der Waals surface area (Å²) in [5.41, 5.74) is -0.680. The number of esters is 4. The van der Waals surface area contributed by atoms with Crippen molar-refractivity contribution in [3.05, 3.63) is 53.7 Å². The van der Waals surface area contributed by atoms with Gasteiger partial charge in [0.1, 0.15) is 46.0 Å². The summed E-state index contributed by atoms with van der Waals surface area (Å²) >= 11 is 0. The zero-order valence-electron chi connectivity index (χ0n) is 63.3. The van der Waals surface area contributed by atoms with Crippen LogP contribution in [0.5, 0.6) is 11.5 Å². The highest BCUT2D eigenvalue weighted by Crippen LogP contribution is 2.59. The lowest BCUT2D eigenvalue weighted by Crippen LogP contribution is -2.71. The number of aromatic nitrogens is 2. The van der Waals surface area contributed by atoms with E-state index in [-0.39, 0.29) is 112 Å². The summed E-state index contributed by atoms with van der Waals surface area (Å²) in [6, 6.07) is 13.0. The second kappa shape index (κ2) is 35.4. The molecule has 2 heterocycles. The number of nitrogens with one attached hydrogen (secondary N) is 2. The number of methoxy groups -OCH3 is 2. The van der Waals surface area contributed by atoms with Crippen molar-refractivity contribution in [2.75, 3.05) is 158 Å². The molecule has 3 aromatic rings. The normalized spacial score (nSPS) is 20.7. The molecular formula is C75H118N10O15. The lowest BCUT2D eigenvalue weighted by Gasteiger charge is -2.59. The molecular weight excluding hydrogens is 1280 g/mol. The largest absolute Gasteiger partial charge is 0.496 e. The number of anilines is 1. The molecule has 558 valence electrons. The lowest BCUT2D eigenvalue weighted by molar-refractivity contribution is -0.181. The van der Waals surface area contributed by atoms with E-state index in [9.17, 15) is 28.8 Å². The Morgan fingerprint density at radius 3 is 1.51 bits per heavy atom. The second-order valence-electron chi connectivity index (χ2n) is 32.0. The first-order chi connectivity index (χ1) is 46.9. The summed E-state index contributed by atoms with van der Waals surface area (Å²) in [7, 11) is 7.13. The first-order valence-corrected chi connectivity index (χ1v) is 35.9. The van der Waals surface area contributed by atoms with Crippen LogP contribution in [0.2, 0.25) is 0 Å². The molecule has 4 aliphatic carbocycles. The third kappa shape index (κ3) is 23.9. The molecule has 2 N–H and O–H groups in total. The van der Waals surface area contributed by atoms with Crippen molar-refractivity contribution in [2.24, 2.45) is 23.7 Å². The Bertz CT molecular complexity index is 3150. The quantitative estimate of drug-likeness (QED) is 0.0385. The van der Waals surface area contributed by atoms with Crippen LogP contribution in [0.3, 0.4) is 0 Å². The lowest BCUT2D eigenvalue weighted by atomic mass is 9.48. The number of amides is 3. The molecule has 5 fully saturated rings. The second-order valence-corrected chi connectivity index (χ2v) is 32.0. The first kappa shape index (κ1) is 80.6. The van der Waals surface area contributed by atoms with Gasteiger partial charge in [0.2, 0.25) is 5.91 Å². The molecule has 2 aromatic carbocycles. The molecule has 3 amide bonds. The fraction of sp³-hybridized carbons (Fsp3) is 0.707. The van der Waals surface area contributed by atoms with Gasteiger partial charge in [0.15, 0.2) is 5.69 Å². The first-order valence-electron chi connectivity index (χ1n) is 35.9. The Kier molecular flexibility index (Phi) is 28.5. The number of carbonyl (C=O) groups is 7. The van der Waals surface area contributed by atoms with Crippen molar-refractivity contribution in [3.63, 3.8) is 0 Å². The minimum atomic E-state index is -1.21. The van der Waals surface area contributed by atoms with Gasteiger partial charge in [-0.15, -0.1) is 0 Å². The van der Waals surface area contributed by atoms with Crippen LogP contribution in [-0.4, -0.2) is 257 Å². The summed E-state index contributed by atoms with van der Waals surface area (Å²) in [5, 5.41) is 11.4.